The number of aromatic nitrogens is 4. The standard InChI is InChI=1S/C21H20ClNO5.C19H26N6O/c1-23-7-6-12(17(27)10-23)19-14(24)8-15(25)20-16(26)9-18(28-21(19)20)11-4-2-3-5-13(11)22;1-4-15(11-26)22-19-23-17(20-10-14-8-6-5-7-9-14)16-18(24-19)25(12-21-16)13(2)3/h2-5,8-9,12,17,24-25,27H,6-7,10H2,1H3;5-9,12-13,15,26H,4,10-11H2,1-3H3,(H2,20,22,23,24)/t12-,17+;15-/m01/s1. The molecule has 3 aromatic carbocycles. The Morgan fingerprint density at radius 1 is 1.04 bits per heavy atom. The monoisotopic (exact) mass is 755 g/mol. The fraction of sp³-hybridized carbons (Fsp3) is 0.350. The van der Waals surface area contributed by atoms with E-state index in [4.69, 9.17) is 16.0 Å². The number of rotatable bonds is 10. The number of aliphatic hydroxyl groups is 2. The van der Waals surface area contributed by atoms with Gasteiger partial charge in [0.1, 0.15) is 28.2 Å². The summed E-state index contributed by atoms with van der Waals surface area (Å²) in [5.74, 6) is 0.418. The zero-order valence-electron chi connectivity index (χ0n) is 30.7. The van der Waals surface area contributed by atoms with Crippen LogP contribution in [0.4, 0.5) is 11.8 Å². The van der Waals surface area contributed by atoms with E-state index >= 15 is 0 Å². The van der Waals surface area contributed by atoms with Gasteiger partial charge in [-0.3, -0.25) is 4.79 Å². The van der Waals surface area contributed by atoms with Crippen molar-refractivity contribution in [1.29, 1.82) is 0 Å². The zero-order chi connectivity index (χ0) is 38.5. The number of hydrogen-bond donors (Lipinski definition) is 6. The molecule has 0 amide bonds. The van der Waals surface area contributed by atoms with Gasteiger partial charge in [0.15, 0.2) is 22.4 Å². The third-order valence-electron chi connectivity index (χ3n) is 9.62. The summed E-state index contributed by atoms with van der Waals surface area (Å²) >= 11 is 6.25. The SMILES string of the molecule is CC[C@H](CO)Nc1nc(NCc2ccccc2)c2ncn(C(C)C)c2n1.CN1CC[C@H](c2c(O)cc(O)c3c(=O)cc(-c4ccccc4Cl)oc23)[C@H](O)C1. The van der Waals surface area contributed by atoms with Crippen molar-refractivity contribution < 1.29 is 24.8 Å². The first-order valence-corrected chi connectivity index (χ1v) is 18.4. The van der Waals surface area contributed by atoms with Crippen LogP contribution in [0.1, 0.15) is 56.7 Å². The number of benzene rings is 3. The fourth-order valence-corrected chi connectivity index (χ4v) is 6.85. The first-order valence-electron chi connectivity index (χ1n) is 18.0. The Balaban J connectivity index is 0.000000185. The summed E-state index contributed by atoms with van der Waals surface area (Å²) in [5, 5.41) is 47.9. The van der Waals surface area contributed by atoms with Gasteiger partial charge in [-0.15, -0.1) is 0 Å². The third-order valence-corrected chi connectivity index (χ3v) is 9.95. The van der Waals surface area contributed by atoms with Crippen molar-refractivity contribution in [2.24, 2.45) is 0 Å². The summed E-state index contributed by atoms with van der Waals surface area (Å²) in [7, 11) is 1.91. The van der Waals surface area contributed by atoms with Crippen molar-refractivity contribution in [3.8, 4) is 22.8 Å². The summed E-state index contributed by atoms with van der Waals surface area (Å²) in [6, 6.07) is 19.7. The van der Waals surface area contributed by atoms with Crippen LogP contribution in [0.3, 0.4) is 0 Å². The lowest BCUT2D eigenvalue weighted by Gasteiger charge is -2.34. The topological polar surface area (TPSA) is 182 Å². The molecule has 14 heteroatoms. The number of likely N-dealkylation sites (N-methyl/N-ethyl adjacent to an activating group) is 1. The highest BCUT2D eigenvalue weighted by Crippen LogP contribution is 2.43. The lowest BCUT2D eigenvalue weighted by atomic mass is 9.85. The number of anilines is 2. The number of nitrogens with zero attached hydrogens (tertiary/aromatic N) is 5. The molecule has 1 fully saturated rings. The number of fused-ring (bicyclic) bond motifs is 2. The normalized spacial score (nSPS) is 16.7. The molecular weight excluding hydrogens is 710 g/mol. The minimum absolute atomic E-state index is 0.0188. The lowest BCUT2D eigenvalue weighted by Crippen LogP contribution is -2.40. The largest absolute Gasteiger partial charge is 0.507 e. The van der Waals surface area contributed by atoms with E-state index in [9.17, 15) is 25.2 Å². The van der Waals surface area contributed by atoms with Gasteiger partial charge in [0.2, 0.25) is 5.95 Å². The fourth-order valence-electron chi connectivity index (χ4n) is 6.62. The molecule has 3 aromatic heterocycles. The zero-order valence-corrected chi connectivity index (χ0v) is 31.5. The number of aromatic hydroxyl groups is 2. The molecule has 1 aliphatic heterocycles. The van der Waals surface area contributed by atoms with Crippen LogP contribution in [0.5, 0.6) is 11.5 Å². The average Bonchev–Trinajstić information content (AvgIpc) is 3.59. The van der Waals surface area contributed by atoms with Gasteiger partial charge in [0.25, 0.3) is 0 Å². The first-order chi connectivity index (χ1) is 26.0. The van der Waals surface area contributed by atoms with Gasteiger partial charge in [-0.05, 0) is 58.0 Å². The molecule has 1 aliphatic rings. The Hall–Kier alpha value is -5.21. The number of aliphatic hydroxyl groups excluding tert-OH is 2. The van der Waals surface area contributed by atoms with E-state index < -0.39 is 17.5 Å². The molecule has 54 heavy (non-hydrogen) atoms. The molecule has 284 valence electrons. The molecule has 6 aromatic rings. The second kappa shape index (κ2) is 16.9. The summed E-state index contributed by atoms with van der Waals surface area (Å²) in [4.78, 5) is 28.5. The number of piperidine rings is 1. The first kappa shape index (κ1) is 38.5. The van der Waals surface area contributed by atoms with Gasteiger partial charge in [-0.1, -0.05) is 61.0 Å². The number of likely N-dealkylation sites (tertiary alicyclic amines) is 1. The van der Waals surface area contributed by atoms with Gasteiger partial charge in [0.05, 0.1) is 30.1 Å². The quantitative estimate of drug-likeness (QED) is 0.0894. The predicted octanol–water partition coefficient (Wildman–Crippen LogP) is 6.51. The second-order valence-corrected chi connectivity index (χ2v) is 14.2. The summed E-state index contributed by atoms with van der Waals surface area (Å²) < 4.78 is 8.03. The molecule has 4 heterocycles. The molecule has 0 radical (unpaired) electrons. The van der Waals surface area contributed by atoms with E-state index in [-0.39, 0.29) is 46.9 Å². The van der Waals surface area contributed by atoms with Gasteiger partial charge in [-0.25, -0.2) is 4.98 Å². The Kier molecular flexibility index (Phi) is 12.0. The molecule has 13 nitrogen and oxygen atoms in total. The van der Waals surface area contributed by atoms with Gasteiger partial charge >= 0.3 is 0 Å². The number of hydrogen-bond acceptors (Lipinski definition) is 12. The number of phenols is 2. The molecule has 0 spiro atoms. The predicted molar refractivity (Wildman–Crippen MR) is 211 cm³/mol. The Morgan fingerprint density at radius 3 is 2.46 bits per heavy atom. The lowest BCUT2D eigenvalue weighted by molar-refractivity contribution is 0.0630. The number of nitrogens with one attached hydrogen (secondary N) is 2. The van der Waals surface area contributed by atoms with Crippen molar-refractivity contribution in [3.63, 3.8) is 0 Å². The van der Waals surface area contributed by atoms with Crippen molar-refractivity contribution >= 4 is 45.5 Å². The Bertz CT molecular complexity index is 2280. The van der Waals surface area contributed by atoms with Crippen molar-refractivity contribution in [3.05, 3.63) is 99.4 Å². The van der Waals surface area contributed by atoms with Gasteiger partial charge in [-0.2, -0.15) is 9.97 Å². The molecule has 0 saturated carbocycles. The molecule has 7 rings (SSSR count). The van der Waals surface area contributed by atoms with Crippen LogP contribution in [0.2, 0.25) is 5.02 Å². The maximum atomic E-state index is 12.8. The molecule has 0 unspecified atom stereocenters. The van der Waals surface area contributed by atoms with E-state index in [2.05, 4.69) is 51.6 Å². The minimum Gasteiger partial charge on any atom is -0.507 e. The van der Waals surface area contributed by atoms with E-state index in [0.29, 0.717) is 47.4 Å². The molecular formula is C40H46ClN7O6. The Labute approximate surface area is 317 Å². The maximum Gasteiger partial charge on any atom is 0.227 e. The van der Waals surface area contributed by atoms with Crippen molar-refractivity contribution in [1.82, 2.24) is 24.4 Å². The van der Waals surface area contributed by atoms with Crippen LogP contribution in [-0.4, -0.2) is 83.7 Å². The molecule has 6 N–H and O–H groups in total. The maximum absolute atomic E-state index is 12.8. The molecule has 0 aliphatic carbocycles. The van der Waals surface area contributed by atoms with Crippen LogP contribution in [0.25, 0.3) is 33.5 Å². The van der Waals surface area contributed by atoms with Crippen LogP contribution in [-0.2, 0) is 6.54 Å². The van der Waals surface area contributed by atoms with Crippen LogP contribution < -0.4 is 16.1 Å². The Morgan fingerprint density at radius 2 is 1.78 bits per heavy atom. The van der Waals surface area contributed by atoms with Crippen LogP contribution in [0.15, 0.2) is 82.3 Å². The second-order valence-electron chi connectivity index (χ2n) is 13.8. The van der Waals surface area contributed by atoms with Crippen LogP contribution in [0, 0.1) is 0 Å². The molecule has 3 atom stereocenters. The van der Waals surface area contributed by atoms with Gasteiger partial charge in [0, 0.05) is 48.3 Å². The van der Waals surface area contributed by atoms with Crippen molar-refractivity contribution in [2.75, 3.05) is 37.4 Å². The van der Waals surface area contributed by atoms with E-state index in [0.717, 1.165) is 30.2 Å². The average molecular weight is 756 g/mol. The third kappa shape index (κ3) is 8.29. The summed E-state index contributed by atoms with van der Waals surface area (Å²) in [5.41, 5.74) is 3.18. The molecule has 0 bridgehead atoms. The highest BCUT2D eigenvalue weighted by molar-refractivity contribution is 6.33. The molecule has 1 saturated heterocycles. The van der Waals surface area contributed by atoms with Crippen molar-refractivity contribution in [2.45, 2.75) is 64.3 Å². The summed E-state index contributed by atoms with van der Waals surface area (Å²) in [6.45, 7) is 8.04. The van der Waals surface area contributed by atoms with Crippen LogP contribution >= 0.6 is 11.6 Å². The van der Waals surface area contributed by atoms with E-state index in [1.165, 1.54) is 11.6 Å². The number of imidazole rings is 1. The highest BCUT2D eigenvalue weighted by Gasteiger charge is 2.33. The summed E-state index contributed by atoms with van der Waals surface area (Å²) in [6.07, 6.45) is 2.41. The van der Waals surface area contributed by atoms with E-state index in [1.54, 1.807) is 30.6 Å². The van der Waals surface area contributed by atoms with Gasteiger partial charge < -0.3 is 44.9 Å². The minimum atomic E-state index is -0.744. The highest BCUT2D eigenvalue weighted by atomic mass is 35.5. The number of β-amino-alcohol motifs (C(OH)–C–C–N with tert-alkyl or cyclic N) is 1. The van der Waals surface area contributed by atoms with E-state index in [1.807, 2.05) is 41.6 Å². The number of phenolic OH excluding ortho intramolecular Hbond substituents is 2. The smallest absolute Gasteiger partial charge is 0.227 e. The number of halogens is 1.